The van der Waals surface area contributed by atoms with E-state index in [1.807, 2.05) is 0 Å². The standard InChI is InChI=1S/2C5H7O2.Pd/c2*1-4(6)3-5(2)7;/h2*1,3H2,2H3;/q2*-1;+2. The van der Waals surface area contributed by atoms with Crippen molar-refractivity contribution >= 4 is 23.1 Å². The zero-order valence-corrected chi connectivity index (χ0v) is 10.3. The van der Waals surface area contributed by atoms with E-state index in [-0.39, 0.29) is 56.4 Å². The Morgan fingerprint density at radius 1 is 0.800 bits per heavy atom. The van der Waals surface area contributed by atoms with Crippen molar-refractivity contribution in [2.45, 2.75) is 26.7 Å². The molecule has 15 heavy (non-hydrogen) atoms. The number of carbonyl (C=O) groups is 4. The van der Waals surface area contributed by atoms with Crippen LogP contribution in [-0.4, -0.2) is 23.1 Å². The second-order valence-electron chi connectivity index (χ2n) is 2.83. The van der Waals surface area contributed by atoms with E-state index in [4.69, 9.17) is 0 Å². The molecule has 0 aromatic carbocycles. The summed E-state index contributed by atoms with van der Waals surface area (Å²) in [4.78, 5) is 39.8. The van der Waals surface area contributed by atoms with Crippen LogP contribution in [0.25, 0.3) is 0 Å². The van der Waals surface area contributed by atoms with Crippen LogP contribution in [0, 0.1) is 13.8 Å². The van der Waals surface area contributed by atoms with Gasteiger partial charge in [-0.25, -0.2) is 0 Å². The first-order chi connectivity index (χ1) is 6.25. The van der Waals surface area contributed by atoms with E-state index in [1.54, 1.807) is 0 Å². The summed E-state index contributed by atoms with van der Waals surface area (Å²) < 4.78 is 0. The van der Waals surface area contributed by atoms with E-state index in [2.05, 4.69) is 13.8 Å². The van der Waals surface area contributed by atoms with Crippen molar-refractivity contribution in [2.24, 2.45) is 0 Å². The van der Waals surface area contributed by atoms with Crippen LogP contribution in [0.5, 0.6) is 0 Å². The molecule has 0 amide bonds. The Kier molecular flexibility index (Phi) is 14.6. The summed E-state index contributed by atoms with van der Waals surface area (Å²) in [5.74, 6) is -0.875. The van der Waals surface area contributed by atoms with Crippen molar-refractivity contribution in [1.82, 2.24) is 0 Å². The van der Waals surface area contributed by atoms with E-state index in [1.165, 1.54) is 13.8 Å². The predicted molar refractivity (Wildman–Crippen MR) is 51.3 cm³/mol. The molecule has 0 atom stereocenters. The smallest absolute Gasteiger partial charge is 0.339 e. The first-order valence-corrected chi connectivity index (χ1v) is 3.94. The van der Waals surface area contributed by atoms with Crippen LogP contribution in [0.15, 0.2) is 0 Å². The van der Waals surface area contributed by atoms with Gasteiger partial charge in [-0.1, -0.05) is 0 Å². The van der Waals surface area contributed by atoms with Gasteiger partial charge in [-0.2, -0.15) is 0 Å². The molecule has 0 N–H and O–H groups in total. The third kappa shape index (κ3) is 32.0. The average Bonchev–Trinajstić information content (AvgIpc) is 1.79. The average molecular weight is 305 g/mol. The quantitative estimate of drug-likeness (QED) is 0.436. The number of hydrogen-bond acceptors (Lipinski definition) is 4. The van der Waals surface area contributed by atoms with Gasteiger partial charge in [-0.05, 0) is 13.8 Å². The van der Waals surface area contributed by atoms with Gasteiger partial charge < -0.3 is 23.4 Å². The molecule has 0 aliphatic carbocycles. The zero-order valence-electron chi connectivity index (χ0n) is 8.78. The maximum atomic E-state index is 9.99. The predicted octanol–water partition coefficient (Wildman–Crippen LogP) is 0.735. The SMILES string of the molecule is [CH2-]C(=O)CC(C)=O.[CH2-]C(=O)CC(C)=O.[Pd+2]. The summed E-state index contributed by atoms with van der Waals surface area (Å²) in [6, 6.07) is 0. The van der Waals surface area contributed by atoms with E-state index in [9.17, 15) is 19.2 Å². The first kappa shape index (κ1) is 19.6. The maximum absolute atomic E-state index is 9.99. The van der Waals surface area contributed by atoms with E-state index in [0.29, 0.717) is 0 Å². The minimum atomic E-state index is -0.312. The van der Waals surface area contributed by atoms with Gasteiger partial charge in [0.15, 0.2) is 0 Å². The Bertz CT molecular complexity index is 196. The van der Waals surface area contributed by atoms with Crippen LogP contribution < -0.4 is 0 Å². The van der Waals surface area contributed by atoms with E-state index >= 15 is 0 Å². The minimum absolute atomic E-state index is 0. The molecule has 0 heterocycles. The molecule has 0 rings (SSSR count). The third-order valence-electron chi connectivity index (χ3n) is 0.892. The molecule has 0 spiro atoms. The van der Waals surface area contributed by atoms with Gasteiger partial charge in [0.25, 0.3) is 0 Å². The number of carbonyl (C=O) groups excluding carboxylic acids is 4. The summed E-state index contributed by atoms with van der Waals surface area (Å²) in [6.07, 6.45) is -0.0556. The molecule has 0 saturated heterocycles. The Morgan fingerprint density at radius 2 is 1.00 bits per heavy atom. The third-order valence-corrected chi connectivity index (χ3v) is 0.892. The van der Waals surface area contributed by atoms with Crippen LogP contribution >= 0.6 is 0 Å². The topological polar surface area (TPSA) is 68.3 Å². The van der Waals surface area contributed by atoms with Crippen LogP contribution in [0.4, 0.5) is 0 Å². The molecule has 0 saturated carbocycles. The van der Waals surface area contributed by atoms with Crippen molar-refractivity contribution < 1.29 is 39.6 Å². The van der Waals surface area contributed by atoms with Crippen molar-refractivity contribution in [3.8, 4) is 0 Å². The van der Waals surface area contributed by atoms with Gasteiger partial charge in [0, 0.05) is 24.4 Å². The van der Waals surface area contributed by atoms with Crippen LogP contribution in [0.3, 0.4) is 0 Å². The molecule has 0 bridgehead atoms. The molecule has 88 valence electrons. The molecule has 0 unspecified atom stereocenters. The molecular formula is C10H14O4Pd. The van der Waals surface area contributed by atoms with Gasteiger partial charge in [0.2, 0.25) is 0 Å². The van der Waals surface area contributed by atoms with Gasteiger partial charge in [0.1, 0.15) is 11.6 Å². The summed E-state index contributed by atoms with van der Waals surface area (Å²) in [7, 11) is 0. The van der Waals surface area contributed by atoms with Gasteiger partial charge in [0.05, 0.1) is 0 Å². The molecule has 5 heteroatoms. The molecule has 0 fully saturated rings. The molecule has 0 aliphatic rings. The van der Waals surface area contributed by atoms with Crippen molar-refractivity contribution in [2.75, 3.05) is 0 Å². The van der Waals surface area contributed by atoms with Crippen LogP contribution in [-0.2, 0) is 39.6 Å². The monoisotopic (exact) mass is 304 g/mol. The van der Waals surface area contributed by atoms with Crippen molar-refractivity contribution in [1.29, 1.82) is 0 Å². The Labute approximate surface area is 103 Å². The Balaban J connectivity index is -0.000000180. The molecule has 0 aliphatic heterocycles. The van der Waals surface area contributed by atoms with E-state index < -0.39 is 0 Å². The van der Waals surface area contributed by atoms with Gasteiger partial charge in [-0.3, -0.25) is 9.59 Å². The number of rotatable bonds is 4. The number of Topliss-reactive ketones (excluding diaryl/α,β-unsaturated/α-hetero) is 4. The number of ketones is 4. The van der Waals surface area contributed by atoms with E-state index in [0.717, 1.165) is 0 Å². The largest absolute Gasteiger partial charge is 2.00 e. The summed E-state index contributed by atoms with van der Waals surface area (Å²) in [5, 5.41) is 0. The fourth-order valence-electron chi connectivity index (χ4n) is 0.555. The van der Waals surface area contributed by atoms with Crippen LogP contribution in [0.2, 0.25) is 0 Å². The Morgan fingerprint density at radius 3 is 1.00 bits per heavy atom. The van der Waals surface area contributed by atoms with Crippen molar-refractivity contribution in [3.63, 3.8) is 0 Å². The summed E-state index contributed by atoms with van der Waals surface area (Å²) >= 11 is 0. The normalized spacial score (nSPS) is 7.60. The Hall–Kier alpha value is -0.918. The molecule has 0 aromatic rings. The van der Waals surface area contributed by atoms with Gasteiger partial charge >= 0.3 is 20.4 Å². The summed E-state index contributed by atoms with van der Waals surface area (Å²) in [6.45, 7) is 8.77. The minimum Gasteiger partial charge on any atom is -0.339 e. The summed E-state index contributed by atoms with van der Waals surface area (Å²) in [5.41, 5.74) is 0. The van der Waals surface area contributed by atoms with Crippen LogP contribution in [0.1, 0.15) is 26.7 Å². The fraction of sp³-hybridized carbons (Fsp3) is 0.400. The second kappa shape index (κ2) is 11.2. The second-order valence-corrected chi connectivity index (χ2v) is 2.83. The molecule has 4 nitrogen and oxygen atoms in total. The molecular weight excluding hydrogens is 291 g/mol. The number of hydrogen-bond donors (Lipinski definition) is 0. The van der Waals surface area contributed by atoms with Gasteiger partial charge in [-0.15, -0.1) is 0 Å². The first-order valence-electron chi connectivity index (χ1n) is 3.94. The molecule has 0 aromatic heterocycles. The molecule has 0 radical (unpaired) electrons. The fourth-order valence-corrected chi connectivity index (χ4v) is 0.555. The maximum Gasteiger partial charge on any atom is 2.00 e. The zero-order chi connectivity index (χ0) is 11.7. The van der Waals surface area contributed by atoms with Crippen molar-refractivity contribution in [3.05, 3.63) is 13.8 Å².